The second-order valence-electron chi connectivity index (χ2n) is 4.97. The molecule has 2 saturated heterocycles. The molecular weight excluding hydrogens is 158 g/mol. The Morgan fingerprint density at radius 1 is 1.08 bits per heavy atom. The first-order valence-corrected chi connectivity index (χ1v) is 6.14. The Labute approximate surface area is 82.3 Å². The van der Waals surface area contributed by atoms with Crippen molar-refractivity contribution >= 4 is 0 Å². The van der Waals surface area contributed by atoms with Gasteiger partial charge in [0, 0.05) is 12.1 Å². The lowest BCUT2D eigenvalue weighted by molar-refractivity contribution is 0.280. The molecule has 0 aromatic carbocycles. The van der Waals surface area contributed by atoms with Crippen LogP contribution < -0.4 is 5.32 Å². The summed E-state index contributed by atoms with van der Waals surface area (Å²) in [6.07, 6.45) is 11.6. The highest BCUT2D eigenvalue weighted by Gasteiger charge is 2.32. The fraction of sp³-hybridized carbons (Fsp3) is 1.00. The van der Waals surface area contributed by atoms with Gasteiger partial charge in [0.2, 0.25) is 0 Å². The molecule has 2 rings (SSSR count). The molecule has 76 valence electrons. The molecule has 2 aliphatic rings. The van der Waals surface area contributed by atoms with Crippen LogP contribution >= 0.6 is 0 Å². The normalized spacial score (nSPS) is 38.1. The van der Waals surface area contributed by atoms with Gasteiger partial charge in [-0.15, -0.1) is 0 Å². The standard InChI is InChI=1S/C12H23N/c1-2-3-4-5-10-8-11-6-7-12(9-10)13-11/h10-13H,2-9H2,1H3/t10-,11+,12-. The van der Waals surface area contributed by atoms with Gasteiger partial charge in [-0.1, -0.05) is 32.6 Å². The van der Waals surface area contributed by atoms with Crippen LogP contribution in [-0.2, 0) is 0 Å². The summed E-state index contributed by atoms with van der Waals surface area (Å²) in [4.78, 5) is 0. The summed E-state index contributed by atoms with van der Waals surface area (Å²) < 4.78 is 0. The van der Waals surface area contributed by atoms with Crippen molar-refractivity contribution in [3.05, 3.63) is 0 Å². The third-order valence-corrected chi connectivity index (χ3v) is 3.79. The SMILES string of the molecule is CCCCC[C@H]1C[C@H]2CC[C@@H](C1)N2. The number of unbranched alkanes of at least 4 members (excludes halogenated alkanes) is 2. The van der Waals surface area contributed by atoms with E-state index in [1.807, 2.05) is 0 Å². The van der Waals surface area contributed by atoms with Gasteiger partial charge in [0.1, 0.15) is 0 Å². The molecule has 0 spiro atoms. The summed E-state index contributed by atoms with van der Waals surface area (Å²) in [5.41, 5.74) is 0. The largest absolute Gasteiger partial charge is 0.311 e. The number of fused-ring (bicyclic) bond motifs is 2. The van der Waals surface area contributed by atoms with Crippen LogP contribution in [0.4, 0.5) is 0 Å². The van der Waals surface area contributed by atoms with Crippen molar-refractivity contribution in [1.82, 2.24) is 5.32 Å². The fourth-order valence-corrected chi connectivity index (χ4v) is 3.09. The van der Waals surface area contributed by atoms with Crippen molar-refractivity contribution in [2.45, 2.75) is 70.4 Å². The minimum atomic E-state index is 0.894. The van der Waals surface area contributed by atoms with Crippen molar-refractivity contribution in [3.8, 4) is 0 Å². The smallest absolute Gasteiger partial charge is 0.00728 e. The number of hydrogen-bond donors (Lipinski definition) is 1. The van der Waals surface area contributed by atoms with E-state index in [9.17, 15) is 0 Å². The van der Waals surface area contributed by atoms with E-state index in [4.69, 9.17) is 0 Å². The molecular formula is C12H23N. The number of piperidine rings is 1. The maximum Gasteiger partial charge on any atom is 0.00728 e. The first-order chi connectivity index (χ1) is 6.38. The summed E-state index contributed by atoms with van der Waals surface area (Å²) in [6, 6.07) is 1.79. The van der Waals surface area contributed by atoms with Gasteiger partial charge in [0.25, 0.3) is 0 Å². The summed E-state index contributed by atoms with van der Waals surface area (Å²) in [6.45, 7) is 2.30. The maximum absolute atomic E-state index is 3.71. The number of rotatable bonds is 4. The van der Waals surface area contributed by atoms with Crippen LogP contribution in [0.5, 0.6) is 0 Å². The Hall–Kier alpha value is -0.0400. The molecule has 0 unspecified atom stereocenters. The Morgan fingerprint density at radius 2 is 1.77 bits per heavy atom. The molecule has 0 saturated carbocycles. The van der Waals surface area contributed by atoms with Gasteiger partial charge in [0.05, 0.1) is 0 Å². The zero-order chi connectivity index (χ0) is 9.10. The fourth-order valence-electron chi connectivity index (χ4n) is 3.09. The van der Waals surface area contributed by atoms with Crippen LogP contribution in [0, 0.1) is 5.92 Å². The van der Waals surface area contributed by atoms with Gasteiger partial charge >= 0.3 is 0 Å². The van der Waals surface area contributed by atoms with E-state index in [1.165, 1.54) is 51.4 Å². The molecule has 2 heterocycles. The molecule has 1 heteroatoms. The number of hydrogen-bond acceptors (Lipinski definition) is 1. The van der Waals surface area contributed by atoms with Crippen LogP contribution in [0.3, 0.4) is 0 Å². The average molecular weight is 181 g/mol. The third kappa shape index (κ3) is 2.46. The van der Waals surface area contributed by atoms with Crippen molar-refractivity contribution in [3.63, 3.8) is 0 Å². The van der Waals surface area contributed by atoms with Crippen LogP contribution in [0.15, 0.2) is 0 Å². The van der Waals surface area contributed by atoms with Crippen LogP contribution in [0.1, 0.15) is 58.3 Å². The third-order valence-electron chi connectivity index (χ3n) is 3.79. The van der Waals surface area contributed by atoms with E-state index in [1.54, 1.807) is 0 Å². The molecule has 0 radical (unpaired) electrons. The predicted octanol–water partition coefficient (Wildman–Crippen LogP) is 3.10. The minimum absolute atomic E-state index is 0.894. The van der Waals surface area contributed by atoms with Crippen molar-refractivity contribution < 1.29 is 0 Å². The van der Waals surface area contributed by atoms with Crippen molar-refractivity contribution in [1.29, 1.82) is 0 Å². The van der Waals surface area contributed by atoms with Crippen LogP contribution in [0.25, 0.3) is 0 Å². The monoisotopic (exact) mass is 181 g/mol. The Morgan fingerprint density at radius 3 is 2.38 bits per heavy atom. The topological polar surface area (TPSA) is 12.0 Å². The number of nitrogens with one attached hydrogen (secondary N) is 1. The lowest BCUT2D eigenvalue weighted by Gasteiger charge is -2.29. The quantitative estimate of drug-likeness (QED) is 0.657. The van der Waals surface area contributed by atoms with E-state index in [0.29, 0.717) is 0 Å². The van der Waals surface area contributed by atoms with Gasteiger partial charge in [-0.2, -0.15) is 0 Å². The molecule has 3 atom stereocenters. The summed E-state index contributed by atoms with van der Waals surface area (Å²) in [7, 11) is 0. The van der Waals surface area contributed by atoms with Gasteiger partial charge in [-0.25, -0.2) is 0 Å². The van der Waals surface area contributed by atoms with Gasteiger partial charge in [-0.3, -0.25) is 0 Å². The molecule has 0 aromatic heterocycles. The molecule has 13 heavy (non-hydrogen) atoms. The molecule has 1 nitrogen and oxygen atoms in total. The van der Waals surface area contributed by atoms with E-state index < -0.39 is 0 Å². The maximum atomic E-state index is 3.71. The second-order valence-corrected chi connectivity index (χ2v) is 4.97. The Balaban J connectivity index is 1.69. The van der Waals surface area contributed by atoms with Crippen LogP contribution in [0.2, 0.25) is 0 Å². The summed E-state index contributed by atoms with van der Waals surface area (Å²) in [5.74, 6) is 1.06. The first kappa shape index (κ1) is 9.51. The molecule has 2 bridgehead atoms. The Kier molecular flexibility index (Phi) is 3.26. The average Bonchev–Trinajstić information content (AvgIpc) is 2.46. The zero-order valence-corrected chi connectivity index (χ0v) is 8.89. The molecule has 0 aromatic rings. The summed E-state index contributed by atoms with van der Waals surface area (Å²) in [5, 5.41) is 3.71. The van der Waals surface area contributed by atoms with Gasteiger partial charge in [0.15, 0.2) is 0 Å². The predicted molar refractivity (Wildman–Crippen MR) is 56.8 cm³/mol. The molecule has 0 amide bonds. The lowest BCUT2D eigenvalue weighted by atomic mass is 9.88. The molecule has 0 aliphatic carbocycles. The van der Waals surface area contributed by atoms with Crippen molar-refractivity contribution in [2.75, 3.05) is 0 Å². The Bertz CT molecular complexity index is 143. The van der Waals surface area contributed by atoms with Gasteiger partial charge in [-0.05, 0) is 31.6 Å². The molecule has 2 fully saturated rings. The van der Waals surface area contributed by atoms with Crippen LogP contribution in [-0.4, -0.2) is 12.1 Å². The van der Waals surface area contributed by atoms with E-state index >= 15 is 0 Å². The highest BCUT2D eigenvalue weighted by Crippen LogP contribution is 2.33. The van der Waals surface area contributed by atoms with E-state index in [2.05, 4.69) is 12.2 Å². The lowest BCUT2D eigenvalue weighted by Crippen LogP contribution is -2.37. The first-order valence-electron chi connectivity index (χ1n) is 6.14. The molecule has 2 aliphatic heterocycles. The second kappa shape index (κ2) is 4.45. The van der Waals surface area contributed by atoms with E-state index in [-0.39, 0.29) is 0 Å². The van der Waals surface area contributed by atoms with Crippen molar-refractivity contribution in [2.24, 2.45) is 5.92 Å². The van der Waals surface area contributed by atoms with E-state index in [0.717, 1.165) is 18.0 Å². The summed E-state index contributed by atoms with van der Waals surface area (Å²) >= 11 is 0. The molecule has 1 N–H and O–H groups in total. The van der Waals surface area contributed by atoms with Gasteiger partial charge < -0.3 is 5.32 Å². The zero-order valence-electron chi connectivity index (χ0n) is 8.89. The highest BCUT2D eigenvalue weighted by molar-refractivity contribution is 4.91. The highest BCUT2D eigenvalue weighted by atomic mass is 15.0. The minimum Gasteiger partial charge on any atom is -0.311 e.